The van der Waals surface area contributed by atoms with E-state index in [-0.39, 0.29) is 17.5 Å². The number of aromatic nitrogens is 3. The second-order valence-corrected chi connectivity index (χ2v) is 8.09. The van der Waals surface area contributed by atoms with Crippen LogP contribution >= 0.6 is 0 Å². The molecule has 2 aliphatic rings. The van der Waals surface area contributed by atoms with Crippen molar-refractivity contribution in [1.29, 1.82) is 5.26 Å². The number of pyridine rings is 1. The van der Waals surface area contributed by atoms with Gasteiger partial charge in [0.25, 0.3) is 5.56 Å². The fourth-order valence-electron chi connectivity index (χ4n) is 4.76. The van der Waals surface area contributed by atoms with Crippen molar-refractivity contribution in [2.24, 2.45) is 5.92 Å². The van der Waals surface area contributed by atoms with E-state index in [2.05, 4.69) is 40.7 Å². The van der Waals surface area contributed by atoms with Crippen LogP contribution in [0.15, 0.2) is 35.3 Å². The van der Waals surface area contributed by atoms with Gasteiger partial charge in [-0.1, -0.05) is 18.9 Å². The first kappa shape index (κ1) is 18.0. The molecular formula is C22H24N6O. The third kappa shape index (κ3) is 3.00. The van der Waals surface area contributed by atoms with Gasteiger partial charge in [-0.25, -0.2) is 0 Å². The quantitative estimate of drug-likeness (QED) is 0.632. The Labute approximate surface area is 168 Å². The van der Waals surface area contributed by atoms with Gasteiger partial charge in [-0.2, -0.15) is 10.4 Å². The predicted octanol–water partition coefficient (Wildman–Crippen LogP) is 3.89. The molecule has 3 N–H and O–H groups in total. The SMILES string of the molecule is CC1NCc2cc(Nc3nn(C4CCCCC4C#N)c4cc[nH]c(=O)c34)ccc21. The molecule has 3 unspecified atom stereocenters. The smallest absolute Gasteiger partial charge is 0.261 e. The van der Waals surface area contributed by atoms with Gasteiger partial charge in [0.05, 0.1) is 23.5 Å². The molecule has 0 spiro atoms. The number of aromatic amines is 1. The molecule has 3 aromatic rings. The van der Waals surface area contributed by atoms with E-state index in [0.29, 0.717) is 17.2 Å². The lowest BCUT2D eigenvalue weighted by Gasteiger charge is -2.27. The molecule has 1 aliphatic carbocycles. The molecule has 0 radical (unpaired) electrons. The highest BCUT2D eigenvalue weighted by molar-refractivity contribution is 5.91. The van der Waals surface area contributed by atoms with Crippen molar-refractivity contribution in [1.82, 2.24) is 20.1 Å². The molecule has 148 valence electrons. The number of hydrogen-bond donors (Lipinski definition) is 3. The zero-order chi connectivity index (χ0) is 20.0. The molecule has 3 heterocycles. The average Bonchev–Trinajstić information content (AvgIpc) is 3.29. The average molecular weight is 388 g/mol. The number of nitrogens with zero attached hydrogens (tertiary/aromatic N) is 3. The Kier molecular flexibility index (Phi) is 4.36. The molecule has 0 amide bonds. The van der Waals surface area contributed by atoms with E-state index in [1.165, 1.54) is 11.1 Å². The summed E-state index contributed by atoms with van der Waals surface area (Å²) in [4.78, 5) is 15.4. The van der Waals surface area contributed by atoms with Crippen LogP contribution < -0.4 is 16.2 Å². The summed E-state index contributed by atoms with van der Waals surface area (Å²) in [5, 5.41) is 21.8. The Bertz CT molecular complexity index is 1170. The third-order valence-corrected chi connectivity index (χ3v) is 6.31. The first-order valence-corrected chi connectivity index (χ1v) is 10.3. The lowest BCUT2D eigenvalue weighted by Crippen LogP contribution is -2.23. The van der Waals surface area contributed by atoms with Crippen molar-refractivity contribution in [3.63, 3.8) is 0 Å². The molecule has 7 heteroatoms. The van der Waals surface area contributed by atoms with Crippen LogP contribution in [0.4, 0.5) is 11.5 Å². The van der Waals surface area contributed by atoms with Crippen molar-refractivity contribution in [2.45, 2.75) is 51.2 Å². The molecule has 29 heavy (non-hydrogen) atoms. The van der Waals surface area contributed by atoms with Crippen LogP contribution in [0.3, 0.4) is 0 Å². The number of hydrogen-bond acceptors (Lipinski definition) is 5. The first-order valence-electron chi connectivity index (χ1n) is 10.3. The Balaban J connectivity index is 1.58. The predicted molar refractivity (Wildman–Crippen MR) is 112 cm³/mol. The number of rotatable bonds is 3. The van der Waals surface area contributed by atoms with Crippen molar-refractivity contribution in [2.75, 3.05) is 5.32 Å². The fraction of sp³-hybridized carbons (Fsp3) is 0.409. The molecule has 5 rings (SSSR count). The van der Waals surface area contributed by atoms with Gasteiger partial charge in [0.1, 0.15) is 5.39 Å². The van der Waals surface area contributed by atoms with Crippen LogP contribution in [0.25, 0.3) is 10.9 Å². The highest BCUT2D eigenvalue weighted by Crippen LogP contribution is 2.37. The monoisotopic (exact) mass is 388 g/mol. The number of benzene rings is 1. The van der Waals surface area contributed by atoms with Crippen LogP contribution in [-0.2, 0) is 6.54 Å². The Morgan fingerprint density at radius 2 is 2.14 bits per heavy atom. The fourth-order valence-corrected chi connectivity index (χ4v) is 4.76. The number of anilines is 2. The Morgan fingerprint density at radius 1 is 1.28 bits per heavy atom. The van der Waals surface area contributed by atoms with Crippen molar-refractivity contribution in [3.05, 3.63) is 51.9 Å². The van der Waals surface area contributed by atoms with Gasteiger partial charge in [-0.15, -0.1) is 0 Å². The largest absolute Gasteiger partial charge is 0.338 e. The van der Waals surface area contributed by atoms with Crippen molar-refractivity contribution >= 4 is 22.4 Å². The van der Waals surface area contributed by atoms with E-state index in [1.807, 2.05) is 16.8 Å². The third-order valence-electron chi connectivity index (χ3n) is 6.31. The standard InChI is InChI=1S/C22H24N6O/c1-13-17-7-6-16(10-15(17)12-25-13)26-21-20-19(8-9-24-22(20)29)28(27-21)18-5-3-2-4-14(18)11-23/h6-10,13-14,18,25H,2-5,12H2,1H3,(H,24,29)(H,26,27). The minimum atomic E-state index is -0.169. The number of nitriles is 1. The van der Waals surface area contributed by atoms with Gasteiger partial charge < -0.3 is 15.6 Å². The topological polar surface area (TPSA) is 98.5 Å². The van der Waals surface area contributed by atoms with Gasteiger partial charge in [-0.05, 0) is 49.1 Å². The molecule has 1 aromatic carbocycles. The van der Waals surface area contributed by atoms with Gasteiger partial charge >= 0.3 is 0 Å². The van der Waals surface area contributed by atoms with Crippen LogP contribution in [0.2, 0.25) is 0 Å². The minimum Gasteiger partial charge on any atom is -0.338 e. The summed E-state index contributed by atoms with van der Waals surface area (Å²) < 4.78 is 1.90. The normalized spacial score (nSPS) is 23.7. The summed E-state index contributed by atoms with van der Waals surface area (Å²) in [7, 11) is 0. The highest BCUT2D eigenvalue weighted by atomic mass is 16.1. The molecule has 3 atom stereocenters. The van der Waals surface area contributed by atoms with Crippen LogP contribution in [0, 0.1) is 17.2 Å². The molecule has 0 saturated heterocycles. The van der Waals surface area contributed by atoms with E-state index in [1.54, 1.807) is 6.20 Å². The van der Waals surface area contributed by atoms with Gasteiger partial charge in [0.15, 0.2) is 5.82 Å². The maximum absolute atomic E-state index is 12.6. The van der Waals surface area contributed by atoms with Gasteiger partial charge in [0, 0.05) is 24.5 Å². The first-order chi connectivity index (χ1) is 14.2. The van der Waals surface area contributed by atoms with E-state index in [0.717, 1.165) is 43.4 Å². The van der Waals surface area contributed by atoms with Crippen LogP contribution in [-0.4, -0.2) is 14.8 Å². The number of H-pyrrole nitrogens is 1. The number of fused-ring (bicyclic) bond motifs is 2. The van der Waals surface area contributed by atoms with Crippen LogP contribution in [0.1, 0.15) is 55.8 Å². The van der Waals surface area contributed by atoms with Crippen molar-refractivity contribution < 1.29 is 0 Å². The summed E-state index contributed by atoms with van der Waals surface area (Å²) in [6.45, 7) is 3.00. The molecule has 2 aromatic heterocycles. The van der Waals surface area contributed by atoms with E-state index in [9.17, 15) is 10.1 Å². The van der Waals surface area contributed by atoms with Gasteiger partial charge in [-0.3, -0.25) is 9.48 Å². The van der Waals surface area contributed by atoms with Crippen molar-refractivity contribution in [3.8, 4) is 6.07 Å². The molecule has 1 saturated carbocycles. The molecular weight excluding hydrogens is 364 g/mol. The lowest BCUT2D eigenvalue weighted by atomic mass is 9.85. The second kappa shape index (κ2) is 7.05. The Morgan fingerprint density at radius 3 is 3.00 bits per heavy atom. The minimum absolute atomic E-state index is 0.00123. The molecule has 1 fully saturated rings. The second-order valence-electron chi connectivity index (χ2n) is 8.09. The maximum atomic E-state index is 12.6. The molecule has 1 aliphatic heterocycles. The summed E-state index contributed by atoms with van der Waals surface area (Å²) in [5.41, 5.74) is 4.09. The van der Waals surface area contributed by atoms with Crippen LogP contribution in [0.5, 0.6) is 0 Å². The zero-order valence-corrected chi connectivity index (χ0v) is 16.4. The highest BCUT2D eigenvalue weighted by Gasteiger charge is 2.30. The van der Waals surface area contributed by atoms with E-state index in [4.69, 9.17) is 5.10 Å². The maximum Gasteiger partial charge on any atom is 0.261 e. The summed E-state index contributed by atoms with van der Waals surface area (Å²) in [6, 6.07) is 11.0. The zero-order valence-electron chi connectivity index (χ0n) is 16.4. The molecule has 7 nitrogen and oxygen atoms in total. The van der Waals surface area contributed by atoms with E-state index < -0.39 is 0 Å². The number of nitrogens with one attached hydrogen (secondary N) is 3. The lowest BCUT2D eigenvalue weighted by molar-refractivity contribution is 0.277. The summed E-state index contributed by atoms with van der Waals surface area (Å²) >= 11 is 0. The summed E-state index contributed by atoms with van der Waals surface area (Å²) in [5.74, 6) is 0.467. The summed E-state index contributed by atoms with van der Waals surface area (Å²) in [6.07, 6.45) is 5.58. The van der Waals surface area contributed by atoms with Gasteiger partial charge in [0.2, 0.25) is 0 Å². The van der Waals surface area contributed by atoms with E-state index >= 15 is 0 Å². The molecule has 0 bridgehead atoms. The Hall–Kier alpha value is -3.11.